The monoisotopic (exact) mass is 393 g/mol. The minimum Gasteiger partial charge on any atom is -0.459 e. The largest absolute Gasteiger partial charge is 0.459 e. The van der Waals surface area contributed by atoms with Gasteiger partial charge in [0.15, 0.2) is 16.5 Å². The number of carbonyl (C=O) groups excluding carboxylic acids is 1. The molecule has 1 amide bonds. The number of aryl methyl sites for hydroxylation is 1. The van der Waals surface area contributed by atoms with Crippen LogP contribution in [0, 0.1) is 6.92 Å². The minimum absolute atomic E-state index is 0.0514. The molecule has 0 N–H and O–H groups in total. The Bertz CT molecular complexity index is 1110. The van der Waals surface area contributed by atoms with E-state index in [9.17, 15) is 4.79 Å². The number of hydrogen-bond acceptors (Lipinski definition) is 6. The van der Waals surface area contributed by atoms with Gasteiger partial charge in [-0.2, -0.15) is 10.1 Å². The third-order valence-electron chi connectivity index (χ3n) is 4.95. The molecule has 1 aliphatic heterocycles. The predicted octanol–water partition coefficient (Wildman–Crippen LogP) is 3.35. The van der Waals surface area contributed by atoms with Crippen molar-refractivity contribution < 1.29 is 9.21 Å². The van der Waals surface area contributed by atoms with Gasteiger partial charge in [-0.25, -0.2) is 4.68 Å². The second kappa shape index (κ2) is 6.79. The van der Waals surface area contributed by atoms with Crippen LogP contribution in [0.1, 0.15) is 16.2 Å². The summed E-state index contributed by atoms with van der Waals surface area (Å²) in [6.45, 7) is 4.82. The lowest BCUT2D eigenvalue weighted by molar-refractivity contribution is 0.0714. The maximum atomic E-state index is 12.4. The molecule has 0 saturated carbocycles. The Morgan fingerprint density at radius 3 is 2.57 bits per heavy atom. The van der Waals surface area contributed by atoms with Gasteiger partial charge in [-0.1, -0.05) is 29.5 Å². The van der Waals surface area contributed by atoms with Crippen LogP contribution in [0.15, 0.2) is 53.1 Å². The number of para-hydroxylation sites is 1. The van der Waals surface area contributed by atoms with E-state index in [0.717, 1.165) is 39.9 Å². The van der Waals surface area contributed by atoms with Crippen molar-refractivity contribution in [1.82, 2.24) is 19.7 Å². The van der Waals surface area contributed by atoms with Gasteiger partial charge in [0.1, 0.15) is 0 Å². The second-order valence-corrected chi connectivity index (χ2v) is 7.72. The Balaban J connectivity index is 1.37. The topological polar surface area (TPSA) is 67.4 Å². The molecule has 0 bridgehead atoms. The number of aromatic nitrogens is 3. The lowest BCUT2D eigenvalue weighted by Crippen LogP contribution is -2.48. The van der Waals surface area contributed by atoms with Crippen molar-refractivity contribution in [2.75, 3.05) is 31.1 Å². The van der Waals surface area contributed by atoms with E-state index in [4.69, 9.17) is 9.40 Å². The summed E-state index contributed by atoms with van der Waals surface area (Å²) in [6, 6.07) is 13.5. The van der Waals surface area contributed by atoms with Crippen LogP contribution in [0.5, 0.6) is 0 Å². The van der Waals surface area contributed by atoms with Gasteiger partial charge in [0, 0.05) is 26.2 Å². The summed E-state index contributed by atoms with van der Waals surface area (Å²) in [5, 5.41) is 5.63. The third kappa shape index (κ3) is 2.86. The predicted molar refractivity (Wildman–Crippen MR) is 108 cm³/mol. The molecule has 28 heavy (non-hydrogen) atoms. The summed E-state index contributed by atoms with van der Waals surface area (Å²) < 4.78 is 8.24. The van der Waals surface area contributed by atoms with Gasteiger partial charge < -0.3 is 14.2 Å². The van der Waals surface area contributed by atoms with E-state index in [1.807, 2.05) is 46.8 Å². The molecule has 4 aromatic rings. The smallest absolute Gasteiger partial charge is 0.289 e. The molecule has 0 aliphatic carbocycles. The molecule has 7 nitrogen and oxygen atoms in total. The van der Waals surface area contributed by atoms with Crippen LogP contribution in [0.25, 0.3) is 16.0 Å². The van der Waals surface area contributed by atoms with Crippen molar-refractivity contribution in [2.45, 2.75) is 6.92 Å². The molecule has 4 heterocycles. The van der Waals surface area contributed by atoms with Gasteiger partial charge in [0.05, 0.1) is 22.3 Å². The van der Waals surface area contributed by atoms with Gasteiger partial charge in [0.2, 0.25) is 0 Å². The highest BCUT2D eigenvalue weighted by Gasteiger charge is 2.26. The molecule has 0 radical (unpaired) electrons. The number of benzene rings is 1. The van der Waals surface area contributed by atoms with Crippen LogP contribution < -0.4 is 4.90 Å². The van der Waals surface area contributed by atoms with Gasteiger partial charge in [0.25, 0.3) is 5.91 Å². The number of nitrogens with zero attached hydrogens (tertiary/aromatic N) is 5. The Labute approximate surface area is 165 Å². The van der Waals surface area contributed by atoms with Crippen molar-refractivity contribution in [3.63, 3.8) is 0 Å². The molecule has 0 spiro atoms. The Hall–Kier alpha value is -3.13. The van der Waals surface area contributed by atoms with Crippen LogP contribution in [0.4, 0.5) is 5.13 Å². The first-order valence-electron chi connectivity index (χ1n) is 9.20. The molecule has 0 unspecified atom stereocenters. The molecule has 1 aliphatic rings. The van der Waals surface area contributed by atoms with Crippen LogP contribution in [0.2, 0.25) is 0 Å². The fraction of sp³-hybridized carbons (Fsp3) is 0.250. The van der Waals surface area contributed by atoms with Crippen molar-refractivity contribution in [2.24, 2.45) is 0 Å². The number of anilines is 1. The molecule has 1 fully saturated rings. The van der Waals surface area contributed by atoms with E-state index >= 15 is 0 Å². The lowest BCUT2D eigenvalue weighted by atomic mass is 10.3. The Kier molecular flexibility index (Phi) is 4.12. The van der Waals surface area contributed by atoms with E-state index in [1.165, 1.54) is 6.26 Å². The summed E-state index contributed by atoms with van der Waals surface area (Å²) in [4.78, 5) is 21.4. The first-order chi connectivity index (χ1) is 13.7. The van der Waals surface area contributed by atoms with Crippen LogP contribution >= 0.6 is 11.3 Å². The molecule has 1 aromatic carbocycles. The zero-order valence-electron chi connectivity index (χ0n) is 15.4. The highest BCUT2D eigenvalue weighted by atomic mass is 32.1. The summed E-state index contributed by atoms with van der Waals surface area (Å²) in [5.41, 5.74) is 2.87. The van der Waals surface area contributed by atoms with Gasteiger partial charge in [-0.05, 0) is 31.2 Å². The molecule has 8 heteroatoms. The maximum Gasteiger partial charge on any atom is 0.289 e. The van der Waals surface area contributed by atoms with E-state index in [0.29, 0.717) is 18.8 Å². The first-order valence-corrected chi connectivity index (χ1v) is 10.0. The van der Waals surface area contributed by atoms with Gasteiger partial charge in [-0.3, -0.25) is 4.79 Å². The van der Waals surface area contributed by atoms with Gasteiger partial charge >= 0.3 is 0 Å². The second-order valence-electron chi connectivity index (χ2n) is 6.74. The number of fused-ring (bicyclic) bond motifs is 1. The number of rotatable bonds is 3. The molecular formula is C20H19N5O2S. The molecular weight excluding hydrogens is 374 g/mol. The SMILES string of the molecule is Cc1nn(-c2ccccc2)c2nc(N3CCN(C(=O)c4ccco4)CC3)sc12. The zero-order chi connectivity index (χ0) is 19.1. The highest BCUT2D eigenvalue weighted by molar-refractivity contribution is 7.22. The quantitative estimate of drug-likeness (QED) is 0.534. The number of carbonyl (C=O) groups is 1. The fourth-order valence-electron chi connectivity index (χ4n) is 3.46. The van der Waals surface area contributed by atoms with Crippen LogP contribution in [-0.2, 0) is 0 Å². The fourth-order valence-corrected chi connectivity index (χ4v) is 4.50. The average molecular weight is 393 g/mol. The van der Waals surface area contributed by atoms with Crippen molar-refractivity contribution in [1.29, 1.82) is 0 Å². The summed E-state index contributed by atoms with van der Waals surface area (Å²) >= 11 is 1.66. The number of thiazole rings is 1. The van der Waals surface area contributed by atoms with E-state index in [2.05, 4.69) is 10.00 Å². The minimum atomic E-state index is -0.0514. The third-order valence-corrected chi connectivity index (χ3v) is 6.16. The van der Waals surface area contributed by atoms with E-state index < -0.39 is 0 Å². The highest BCUT2D eigenvalue weighted by Crippen LogP contribution is 2.33. The normalized spacial score (nSPS) is 14.8. The molecule has 142 valence electrons. The Morgan fingerprint density at radius 1 is 1.07 bits per heavy atom. The van der Waals surface area contributed by atoms with Crippen LogP contribution in [-0.4, -0.2) is 51.8 Å². The first kappa shape index (κ1) is 17.0. The zero-order valence-corrected chi connectivity index (χ0v) is 16.2. The van der Waals surface area contributed by atoms with E-state index in [1.54, 1.807) is 23.5 Å². The lowest BCUT2D eigenvalue weighted by Gasteiger charge is -2.34. The molecule has 3 aromatic heterocycles. The number of amides is 1. The molecule has 0 atom stereocenters. The molecule has 1 saturated heterocycles. The maximum absolute atomic E-state index is 12.4. The average Bonchev–Trinajstić information content (AvgIpc) is 3.47. The number of furan rings is 1. The van der Waals surface area contributed by atoms with Crippen molar-refractivity contribution in [3.05, 3.63) is 60.2 Å². The van der Waals surface area contributed by atoms with Crippen molar-refractivity contribution in [3.8, 4) is 5.69 Å². The summed E-state index contributed by atoms with van der Waals surface area (Å²) in [6.07, 6.45) is 1.53. The van der Waals surface area contributed by atoms with E-state index in [-0.39, 0.29) is 5.91 Å². The molecule has 5 rings (SSSR count). The number of piperazine rings is 1. The van der Waals surface area contributed by atoms with Gasteiger partial charge in [-0.15, -0.1) is 0 Å². The van der Waals surface area contributed by atoms with Crippen molar-refractivity contribution >= 4 is 32.7 Å². The summed E-state index contributed by atoms with van der Waals surface area (Å²) in [5.74, 6) is 0.344. The Morgan fingerprint density at radius 2 is 1.86 bits per heavy atom. The number of hydrogen-bond donors (Lipinski definition) is 0. The van der Waals surface area contributed by atoms with Crippen LogP contribution in [0.3, 0.4) is 0 Å². The summed E-state index contributed by atoms with van der Waals surface area (Å²) in [7, 11) is 0. The standard InChI is InChI=1S/C20H19N5O2S/c1-14-17-18(25(22-14)15-6-3-2-4-7-15)21-20(28-17)24-11-9-23(10-12-24)19(26)16-8-5-13-27-16/h2-8,13H,9-12H2,1H3.